The Hall–Kier alpha value is -2.68. The summed E-state index contributed by atoms with van der Waals surface area (Å²) in [6.45, 7) is -0.137. The van der Waals surface area contributed by atoms with Crippen molar-refractivity contribution in [2.75, 3.05) is 12.4 Å². The van der Waals surface area contributed by atoms with Crippen LogP contribution in [0.2, 0.25) is 0 Å². The van der Waals surface area contributed by atoms with Crippen LogP contribution in [0.5, 0.6) is 5.88 Å². The van der Waals surface area contributed by atoms with E-state index in [1.807, 2.05) is 0 Å². The van der Waals surface area contributed by atoms with Crippen molar-refractivity contribution in [1.29, 1.82) is 0 Å². The molecule has 25 heavy (non-hydrogen) atoms. The lowest BCUT2D eigenvalue weighted by Crippen LogP contribution is -2.19. The number of hydrogen-bond acceptors (Lipinski definition) is 5. The summed E-state index contributed by atoms with van der Waals surface area (Å²) in [7, 11) is 1.49. The van der Waals surface area contributed by atoms with Gasteiger partial charge in [-0.2, -0.15) is 8.78 Å². The normalized spacial score (nSPS) is 11.0. The molecule has 0 aliphatic carbocycles. The minimum Gasteiger partial charge on any atom is -0.481 e. The van der Waals surface area contributed by atoms with Gasteiger partial charge in [0.15, 0.2) is 5.16 Å². The SMILES string of the molecule is COc1ccc(NC(=O)Cn2c(SC(F)F)nc3ccccc32)cn1. The fraction of sp³-hybridized carbons (Fsp3) is 0.188. The van der Waals surface area contributed by atoms with Crippen LogP contribution < -0.4 is 10.1 Å². The average molecular weight is 364 g/mol. The van der Waals surface area contributed by atoms with Crippen LogP contribution in [0.3, 0.4) is 0 Å². The summed E-state index contributed by atoms with van der Waals surface area (Å²) < 4.78 is 32.0. The monoisotopic (exact) mass is 364 g/mol. The molecule has 2 aromatic heterocycles. The highest BCUT2D eigenvalue weighted by Crippen LogP contribution is 2.28. The first kappa shape index (κ1) is 17.2. The molecule has 130 valence electrons. The molecule has 1 aromatic carbocycles. The number of hydrogen-bond donors (Lipinski definition) is 1. The third kappa shape index (κ3) is 4.05. The number of thioether (sulfide) groups is 1. The number of carbonyl (C=O) groups excluding carboxylic acids is 1. The van der Waals surface area contributed by atoms with Gasteiger partial charge in [0.05, 0.1) is 30.0 Å². The van der Waals surface area contributed by atoms with Crippen LogP contribution in [0.25, 0.3) is 11.0 Å². The van der Waals surface area contributed by atoms with Crippen LogP contribution in [0.4, 0.5) is 14.5 Å². The Labute approximate surface area is 146 Å². The lowest BCUT2D eigenvalue weighted by Gasteiger charge is -2.09. The molecular formula is C16H14F2N4O2S. The molecule has 0 unspecified atom stereocenters. The van der Waals surface area contributed by atoms with Gasteiger partial charge in [-0.25, -0.2) is 9.97 Å². The predicted octanol–water partition coefficient (Wildman–Crippen LogP) is 3.39. The number of ether oxygens (including phenoxy) is 1. The third-order valence-corrected chi connectivity index (χ3v) is 4.05. The number of nitrogens with zero attached hydrogens (tertiary/aromatic N) is 3. The highest BCUT2D eigenvalue weighted by Gasteiger charge is 2.17. The van der Waals surface area contributed by atoms with Gasteiger partial charge >= 0.3 is 0 Å². The number of halogens is 2. The lowest BCUT2D eigenvalue weighted by atomic mass is 10.3. The molecule has 0 fully saturated rings. The second-order valence-electron chi connectivity index (χ2n) is 4.99. The predicted molar refractivity (Wildman–Crippen MR) is 91.0 cm³/mol. The Morgan fingerprint density at radius 3 is 2.80 bits per heavy atom. The Morgan fingerprint density at radius 2 is 2.12 bits per heavy atom. The van der Waals surface area contributed by atoms with Gasteiger partial charge in [0.2, 0.25) is 11.8 Å². The first-order chi connectivity index (χ1) is 12.1. The van der Waals surface area contributed by atoms with Crippen LogP contribution in [0, 0.1) is 0 Å². The quantitative estimate of drug-likeness (QED) is 0.679. The molecule has 0 aliphatic heterocycles. The molecule has 1 amide bonds. The summed E-state index contributed by atoms with van der Waals surface area (Å²) in [5, 5.41) is 2.77. The molecule has 0 atom stereocenters. The minimum absolute atomic E-state index is 0.0965. The third-order valence-electron chi connectivity index (χ3n) is 3.34. The molecule has 0 saturated carbocycles. The van der Waals surface area contributed by atoms with E-state index in [0.29, 0.717) is 34.4 Å². The number of benzene rings is 1. The van der Waals surface area contributed by atoms with Crippen LogP contribution in [0.15, 0.2) is 47.8 Å². The van der Waals surface area contributed by atoms with E-state index >= 15 is 0 Å². The summed E-state index contributed by atoms with van der Waals surface area (Å²) in [5.74, 6) is -2.56. The van der Waals surface area contributed by atoms with E-state index in [1.165, 1.54) is 17.9 Å². The number of pyridine rings is 1. The summed E-state index contributed by atoms with van der Waals surface area (Å²) in [6.07, 6.45) is 1.46. The van der Waals surface area contributed by atoms with Crippen molar-refractivity contribution in [2.24, 2.45) is 0 Å². The number of anilines is 1. The number of imidazole rings is 1. The second-order valence-corrected chi connectivity index (χ2v) is 5.94. The van der Waals surface area contributed by atoms with E-state index in [9.17, 15) is 13.6 Å². The zero-order valence-corrected chi connectivity index (χ0v) is 14.0. The van der Waals surface area contributed by atoms with Gasteiger partial charge in [-0.05, 0) is 30.0 Å². The van der Waals surface area contributed by atoms with Crippen molar-refractivity contribution in [2.45, 2.75) is 17.5 Å². The molecule has 0 spiro atoms. The smallest absolute Gasteiger partial charge is 0.291 e. The van der Waals surface area contributed by atoms with Gasteiger partial charge in [-0.3, -0.25) is 4.79 Å². The first-order valence-electron chi connectivity index (χ1n) is 7.27. The van der Waals surface area contributed by atoms with Gasteiger partial charge < -0.3 is 14.6 Å². The van der Waals surface area contributed by atoms with Gasteiger partial charge in [-0.15, -0.1) is 0 Å². The van der Waals surface area contributed by atoms with Crippen LogP contribution >= 0.6 is 11.8 Å². The zero-order chi connectivity index (χ0) is 17.8. The van der Waals surface area contributed by atoms with Gasteiger partial charge in [0.1, 0.15) is 6.54 Å². The fourth-order valence-corrected chi connectivity index (χ4v) is 2.90. The van der Waals surface area contributed by atoms with E-state index < -0.39 is 5.76 Å². The molecule has 3 aromatic rings. The Bertz CT molecular complexity index is 883. The van der Waals surface area contributed by atoms with Crippen LogP contribution in [0.1, 0.15) is 0 Å². The number of methoxy groups -OCH3 is 1. The fourth-order valence-electron chi connectivity index (χ4n) is 2.29. The Kier molecular flexibility index (Phi) is 5.13. The molecular weight excluding hydrogens is 350 g/mol. The highest BCUT2D eigenvalue weighted by molar-refractivity contribution is 7.99. The second kappa shape index (κ2) is 7.47. The highest BCUT2D eigenvalue weighted by atomic mass is 32.2. The van der Waals surface area contributed by atoms with E-state index in [1.54, 1.807) is 36.4 Å². The number of nitrogens with one attached hydrogen (secondary N) is 1. The molecule has 6 nitrogen and oxygen atoms in total. The maximum atomic E-state index is 12.8. The number of para-hydroxylation sites is 2. The van der Waals surface area contributed by atoms with Crippen molar-refractivity contribution in [3.63, 3.8) is 0 Å². The number of amides is 1. The Balaban J connectivity index is 1.81. The number of fused-ring (bicyclic) bond motifs is 1. The van der Waals surface area contributed by atoms with Crippen molar-refractivity contribution in [3.8, 4) is 5.88 Å². The van der Waals surface area contributed by atoms with Crippen molar-refractivity contribution in [1.82, 2.24) is 14.5 Å². The first-order valence-corrected chi connectivity index (χ1v) is 8.15. The summed E-state index contributed by atoms with van der Waals surface area (Å²) in [4.78, 5) is 20.5. The van der Waals surface area contributed by atoms with Crippen molar-refractivity contribution >= 4 is 34.4 Å². The maximum Gasteiger partial charge on any atom is 0.291 e. The van der Waals surface area contributed by atoms with Gasteiger partial charge in [0.25, 0.3) is 5.76 Å². The van der Waals surface area contributed by atoms with Gasteiger partial charge in [-0.1, -0.05) is 12.1 Å². The number of rotatable bonds is 6. The molecule has 0 aliphatic rings. The molecule has 1 N–H and O–H groups in total. The number of alkyl halides is 2. The lowest BCUT2D eigenvalue weighted by molar-refractivity contribution is -0.116. The van der Waals surface area contributed by atoms with E-state index in [2.05, 4.69) is 15.3 Å². The minimum atomic E-state index is -2.62. The summed E-state index contributed by atoms with van der Waals surface area (Å²) in [5.41, 5.74) is 1.66. The molecule has 3 rings (SSSR count). The maximum absolute atomic E-state index is 12.8. The van der Waals surface area contributed by atoms with Gasteiger partial charge in [0, 0.05) is 6.07 Å². The summed E-state index contributed by atoms with van der Waals surface area (Å²) in [6, 6.07) is 10.2. The average Bonchev–Trinajstić information content (AvgIpc) is 2.92. The molecule has 0 radical (unpaired) electrons. The standard InChI is InChI=1S/C16H14F2N4O2S/c1-24-14-7-6-10(8-19-14)20-13(23)9-22-12-5-3-2-4-11(12)21-16(22)25-15(17)18/h2-8,15H,9H2,1H3,(H,20,23). The number of carbonyl (C=O) groups is 1. The van der Waals surface area contributed by atoms with Crippen molar-refractivity contribution in [3.05, 3.63) is 42.6 Å². The van der Waals surface area contributed by atoms with E-state index in [-0.39, 0.29) is 17.6 Å². The molecule has 0 bridgehead atoms. The Morgan fingerprint density at radius 1 is 1.32 bits per heavy atom. The van der Waals surface area contributed by atoms with Crippen LogP contribution in [-0.4, -0.2) is 33.3 Å². The summed E-state index contributed by atoms with van der Waals surface area (Å²) >= 11 is 0.314. The van der Waals surface area contributed by atoms with Crippen LogP contribution in [-0.2, 0) is 11.3 Å². The molecule has 0 saturated heterocycles. The molecule has 9 heteroatoms. The topological polar surface area (TPSA) is 69.0 Å². The zero-order valence-electron chi connectivity index (χ0n) is 13.1. The van der Waals surface area contributed by atoms with Crippen molar-refractivity contribution < 1.29 is 18.3 Å². The molecule has 2 heterocycles. The number of aromatic nitrogens is 3. The van der Waals surface area contributed by atoms with E-state index in [0.717, 1.165) is 0 Å². The largest absolute Gasteiger partial charge is 0.481 e. The van der Waals surface area contributed by atoms with E-state index in [4.69, 9.17) is 4.74 Å².